The van der Waals surface area contributed by atoms with Crippen molar-refractivity contribution in [2.75, 3.05) is 0 Å². The van der Waals surface area contributed by atoms with E-state index in [0.29, 0.717) is 11.6 Å². The van der Waals surface area contributed by atoms with Crippen molar-refractivity contribution in [3.05, 3.63) is 150 Å². The summed E-state index contributed by atoms with van der Waals surface area (Å²) in [7, 11) is 0. The normalized spacial score (nSPS) is 15.2. The maximum atomic E-state index is 17.1. The van der Waals surface area contributed by atoms with E-state index in [1.165, 1.54) is 12.1 Å². The van der Waals surface area contributed by atoms with Gasteiger partial charge in [-0.05, 0) is 76.6 Å². The SMILES string of the molecule is [C-]#[N+]C1=C(c2ccc(C)c(C)c2)/C(=C(/C#N)[N+]#[C-])c2cc3c(c(F)c21)/C(=C(/C#N)[N+]#[C-])C(c1ccc(C#N)c(C(F)(F)F)c1)=C3C#N. The van der Waals surface area contributed by atoms with Crippen molar-refractivity contribution in [2.24, 2.45) is 0 Å². The molecule has 0 N–H and O–H groups in total. The van der Waals surface area contributed by atoms with Gasteiger partial charge in [-0.25, -0.2) is 29.4 Å². The van der Waals surface area contributed by atoms with Crippen LogP contribution in [0, 0.1) is 84.7 Å². The molecule has 0 radical (unpaired) electrons. The van der Waals surface area contributed by atoms with Gasteiger partial charge in [-0.1, -0.05) is 24.3 Å². The van der Waals surface area contributed by atoms with E-state index in [4.69, 9.17) is 19.7 Å². The Morgan fingerprint density at radius 1 is 0.723 bits per heavy atom. The van der Waals surface area contributed by atoms with Crippen molar-refractivity contribution in [1.82, 2.24) is 0 Å². The Morgan fingerprint density at radius 2 is 1.34 bits per heavy atom. The molecule has 0 spiro atoms. The van der Waals surface area contributed by atoms with Crippen LogP contribution in [0.5, 0.6) is 0 Å². The lowest BCUT2D eigenvalue weighted by atomic mass is 9.90. The van der Waals surface area contributed by atoms with Crippen LogP contribution in [0.3, 0.4) is 0 Å². The van der Waals surface area contributed by atoms with Crippen LogP contribution in [0.25, 0.3) is 48.1 Å². The highest BCUT2D eigenvalue weighted by atomic mass is 19.4. The third-order valence-electron chi connectivity index (χ3n) is 7.94. The second-order valence-corrected chi connectivity index (χ2v) is 10.3. The molecule has 0 fully saturated rings. The fourth-order valence-electron chi connectivity index (χ4n) is 5.77. The van der Waals surface area contributed by atoms with Gasteiger partial charge in [0.05, 0.1) is 54.6 Å². The number of hydrogen-bond donors (Lipinski definition) is 0. The number of halogens is 4. The van der Waals surface area contributed by atoms with Gasteiger partial charge in [0.25, 0.3) is 11.4 Å². The van der Waals surface area contributed by atoms with Crippen molar-refractivity contribution < 1.29 is 17.6 Å². The van der Waals surface area contributed by atoms with Crippen molar-refractivity contribution >= 4 is 33.6 Å². The Kier molecular flexibility index (Phi) is 7.54. The van der Waals surface area contributed by atoms with E-state index < -0.39 is 51.2 Å². The van der Waals surface area contributed by atoms with Gasteiger partial charge < -0.3 is 0 Å². The topological polar surface area (TPSA) is 108 Å². The maximum Gasteiger partial charge on any atom is 0.417 e. The van der Waals surface area contributed by atoms with Gasteiger partial charge in [0.2, 0.25) is 5.70 Å². The van der Waals surface area contributed by atoms with Crippen LogP contribution < -0.4 is 0 Å². The summed E-state index contributed by atoms with van der Waals surface area (Å²) in [5.74, 6) is -1.17. The summed E-state index contributed by atoms with van der Waals surface area (Å²) in [5, 5.41) is 39.5. The first kappa shape index (κ1) is 31.2. The van der Waals surface area contributed by atoms with Crippen molar-refractivity contribution in [1.29, 1.82) is 21.0 Å². The van der Waals surface area contributed by atoms with Crippen LogP contribution in [-0.2, 0) is 6.18 Å². The smallest absolute Gasteiger partial charge is 0.237 e. The highest BCUT2D eigenvalue weighted by molar-refractivity contribution is 6.29. The van der Waals surface area contributed by atoms with Gasteiger partial charge in [-0.3, -0.25) is 0 Å². The lowest BCUT2D eigenvalue weighted by Gasteiger charge is -2.15. The quantitative estimate of drug-likeness (QED) is 0.162. The Labute approximate surface area is 265 Å². The molecule has 11 heteroatoms. The molecule has 0 aromatic heterocycles. The summed E-state index contributed by atoms with van der Waals surface area (Å²) < 4.78 is 59.0. The summed E-state index contributed by atoms with van der Waals surface area (Å²) in [5.41, 5.74) is -4.08. The van der Waals surface area contributed by atoms with Crippen LogP contribution in [0.4, 0.5) is 17.6 Å². The zero-order chi connectivity index (χ0) is 34.4. The molecular formula is C36H13F4N7. The monoisotopic (exact) mass is 619 g/mol. The van der Waals surface area contributed by atoms with Gasteiger partial charge >= 0.3 is 6.18 Å². The summed E-state index contributed by atoms with van der Waals surface area (Å²) >= 11 is 0. The summed E-state index contributed by atoms with van der Waals surface area (Å²) in [6.45, 7) is 27.0. The molecule has 0 saturated heterocycles. The largest absolute Gasteiger partial charge is 0.417 e. The molecule has 3 aromatic rings. The summed E-state index contributed by atoms with van der Waals surface area (Å²) in [6.07, 6.45) is -5.00. The third-order valence-corrected chi connectivity index (χ3v) is 7.94. The van der Waals surface area contributed by atoms with Crippen molar-refractivity contribution in [2.45, 2.75) is 20.0 Å². The number of nitrogens with zero attached hydrogens (tertiary/aromatic N) is 7. The molecule has 2 aliphatic rings. The number of aryl methyl sites for hydroxylation is 2. The highest BCUT2D eigenvalue weighted by Gasteiger charge is 2.41. The fraction of sp³-hybridized carbons (Fsp3) is 0.0833. The second kappa shape index (κ2) is 11.4. The van der Waals surface area contributed by atoms with Gasteiger partial charge in [0.1, 0.15) is 11.9 Å². The predicted octanol–water partition coefficient (Wildman–Crippen LogP) is 8.89. The minimum atomic E-state index is -5.00. The number of allylic oxidation sites excluding steroid dienone is 7. The van der Waals surface area contributed by atoms with E-state index in [1.807, 2.05) is 13.0 Å². The second-order valence-electron chi connectivity index (χ2n) is 10.3. The summed E-state index contributed by atoms with van der Waals surface area (Å²) in [6, 6.07) is 15.7. The third kappa shape index (κ3) is 4.60. The van der Waals surface area contributed by atoms with E-state index in [-0.39, 0.29) is 44.7 Å². The molecule has 0 heterocycles. The number of fused-ring (bicyclic) bond motifs is 2. The number of alkyl halides is 3. The average Bonchev–Trinajstić information content (AvgIpc) is 3.56. The van der Waals surface area contributed by atoms with E-state index in [2.05, 4.69) is 14.5 Å². The van der Waals surface area contributed by atoms with Gasteiger partial charge in [0.15, 0.2) is 0 Å². The molecule has 47 heavy (non-hydrogen) atoms. The Hall–Kier alpha value is -7.23. The zero-order valence-electron chi connectivity index (χ0n) is 24.2. The van der Waals surface area contributed by atoms with Crippen LogP contribution in [0.2, 0.25) is 0 Å². The molecule has 0 unspecified atom stereocenters. The lowest BCUT2D eigenvalue weighted by Crippen LogP contribution is -2.08. The predicted molar refractivity (Wildman–Crippen MR) is 163 cm³/mol. The molecule has 0 atom stereocenters. The first-order chi connectivity index (χ1) is 22.4. The minimum absolute atomic E-state index is 0.0758. The molecule has 2 aliphatic carbocycles. The number of nitriles is 4. The first-order valence-electron chi connectivity index (χ1n) is 13.3. The first-order valence-corrected chi connectivity index (χ1v) is 13.3. The van der Waals surface area contributed by atoms with Crippen LogP contribution in [0.15, 0.2) is 53.9 Å². The van der Waals surface area contributed by atoms with Gasteiger partial charge in [0, 0.05) is 22.3 Å². The molecule has 7 nitrogen and oxygen atoms in total. The number of hydrogen-bond acceptors (Lipinski definition) is 4. The van der Waals surface area contributed by atoms with E-state index in [9.17, 15) is 34.2 Å². The molecule has 3 aromatic carbocycles. The van der Waals surface area contributed by atoms with Crippen LogP contribution in [0.1, 0.15) is 55.6 Å². The van der Waals surface area contributed by atoms with E-state index >= 15 is 4.39 Å². The molecule has 5 rings (SSSR count). The lowest BCUT2D eigenvalue weighted by molar-refractivity contribution is -0.137. The molecule has 220 valence electrons. The van der Waals surface area contributed by atoms with Crippen LogP contribution in [-0.4, -0.2) is 0 Å². The van der Waals surface area contributed by atoms with E-state index in [1.54, 1.807) is 37.3 Å². The van der Waals surface area contributed by atoms with Crippen LogP contribution >= 0.6 is 0 Å². The molecule has 0 bridgehead atoms. The van der Waals surface area contributed by atoms with Crippen molar-refractivity contribution in [3.8, 4) is 24.3 Å². The zero-order valence-corrected chi connectivity index (χ0v) is 24.2. The minimum Gasteiger partial charge on any atom is -0.237 e. The standard InChI is InChI=1S/C36H13F4N7/c1-17-6-7-19(10-18(17)2)29-30(26(15-43)45-3)23-12-22-24(14-42)28(20-8-9-21(13-41)25(11-20)36(38,39)40)33(27(16-44)46-4)31(22)34(37)32(23)35(29)47-5/h6-12H,1-2H3/b30-26-,33-27-. The van der Waals surface area contributed by atoms with Crippen molar-refractivity contribution in [3.63, 3.8) is 0 Å². The average molecular weight is 620 g/mol. The molecule has 0 amide bonds. The Balaban J connectivity index is 1.97. The molecule has 0 saturated carbocycles. The maximum absolute atomic E-state index is 17.1. The fourth-order valence-corrected chi connectivity index (χ4v) is 5.77. The number of rotatable bonds is 2. The Bertz CT molecular complexity index is 2410. The molecule has 0 aliphatic heterocycles. The summed E-state index contributed by atoms with van der Waals surface area (Å²) in [4.78, 5) is 10.1. The highest BCUT2D eigenvalue weighted by Crippen LogP contribution is 2.56. The Morgan fingerprint density at radius 3 is 1.87 bits per heavy atom. The number of benzene rings is 3. The molecular weight excluding hydrogens is 606 g/mol. The van der Waals surface area contributed by atoms with Gasteiger partial charge in [-0.2, -0.15) is 23.7 Å². The van der Waals surface area contributed by atoms with E-state index in [0.717, 1.165) is 23.3 Å². The van der Waals surface area contributed by atoms with Gasteiger partial charge in [-0.15, -0.1) is 0 Å².